The van der Waals surface area contributed by atoms with Crippen molar-refractivity contribution in [3.05, 3.63) is 94.5 Å². The van der Waals surface area contributed by atoms with E-state index in [2.05, 4.69) is 4.72 Å². The van der Waals surface area contributed by atoms with Gasteiger partial charge in [-0.3, -0.25) is 14.8 Å². The van der Waals surface area contributed by atoms with Gasteiger partial charge in [0, 0.05) is 6.07 Å². The van der Waals surface area contributed by atoms with E-state index in [1.807, 2.05) is 0 Å². The van der Waals surface area contributed by atoms with Crippen LogP contribution in [0.15, 0.2) is 72.8 Å². The molecule has 0 spiro atoms. The maximum absolute atomic E-state index is 13.7. The number of nitro benzene ring substituents is 1. The van der Waals surface area contributed by atoms with E-state index < -0.39 is 32.5 Å². The molecule has 0 unspecified atom stereocenters. The third-order valence-electron chi connectivity index (χ3n) is 3.72. The summed E-state index contributed by atoms with van der Waals surface area (Å²) in [5.74, 6) is -1.38. The maximum Gasteiger partial charge on any atom is 0.328 e. The standard InChI is InChI=1S/C12H9FN2O2S.C6H4FNO2/c13-9-5-1-3-7-11(9)15-12-8-4-2-6-10(12)14-18(15,16)17;7-5-3-1-2-4-6(5)8(9)10/h1-8,14H;1-4H. The molecule has 1 aliphatic rings. The lowest BCUT2D eigenvalue weighted by molar-refractivity contribution is -0.387. The molecule has 1 N–H and O–H groups in total. The van der Waals surface area contributed by atoms with Crippen molar-refractivity contribution < 1.29 is 22.1 Å². The van der Waals surface area contributed by atoms with Gasteiger partial charge in [-0.05, 0) is 30.3 Å². The zero-order chi connectivity index (χ0) is 20.3. The third-order valence-corrected chi connectivity index (χ3v) is 5.07. The summed E-state index contributed by atoms with van der Waals surface area (Å²) in [7, 11) is -3.78. The number of nitrogens with zero attached hydrogens (tertiary/aromatic N) is 2. The predicted octanol–water partition coefficient (Wildman–Crippen LogP) is 4.37. The number of hydrogen-bond donors (Lipinski definition) is 1. The zero-order valence-electron chi connectivity index (χ0n) is 14.1. The molecule has 7 nitrogen and oxygen atoms in total. The molecule has 0 amide bonds. The lowest BCUT2D eigenvalue weighted by Gasteiger charge is -2.17. The molecule has 0 bridgehead atoms. The fraction of sp³-hybridized carbons (Fsp3) is 0. The maximum atomic E-state index is 13.7. The average Bonchev–Trinajstić information content (AvgIpc) is 2.92. The minimum atomic E-state index is -3.78. The number of rotatable bonds is 2. The van der Waals surface area contributed by atoms with E-state index in [-0.39, 0.29) is 5.69 Å². The van der Waals surface area contributed by atoms with Gasteiger partial charge in [-0.2, -0.15) is 12.8 Å². The number of nitro groups is 1. The Morgan fingerprint density at radius 3 is 1.93 bits per heavy atom. The minimum Gasteiger partial charge on any atom is -0.264 e. The molecule has 1 aliphatic heterocycles. The molecule has 4 rings (SSSR count). The van der Waals surface area contributed by atoms with Crippen LogP contribution in [-0.2, 0) is 10.2 Å². The van der Waals surface area contributed by atoms with Gasteiger partial charge in [-0.25, -0.2) is 8.70 Å². The smallest absolute Gasteiger partial charge is 0.264 e. The second-order valence-corrected chi connectivity index (χ2v) is 7.07. The summed E-state index contributed by atoms with van der Waals surface area (Å²) in [5.41, 5.74) is 0.390. The van der Waals surface area contributed by atoms with Gasteiger partial charge in [0.25, 0.3) is 0 Å². The molecule has 28 heavy (non-hydrogen) atoms. The van der Waals surface area contributed by atoms with Crippen molar-refractivity contribution in [3.63, 3.8) is 0 Å². The first kappa shape index (κ1) is 19.2. The van der Waals surface area contributed by atoms with E-state index in [9.17, 15) is 27.3 Å². The summed E-state index contributed by atoms with van der Waals surface area (Å²) in [6.07, 6.45) is 0. The van der Waals surface area contributed by atoms with Crippen molar-refractivity contribution in [1.29, 1.82) is 0 Å². The Hall–Kier alpha value is -3.53. The molecular weight excluding hydrogens is 392 g/mol. The number of para-hydroxylation sites is 4. The second kappa shape index (κ2) is 7.61. The van der Waals surface area contributed by atoms with Crippen LogP contribution in [0.25, 0.3) is 0 Å². The summed E-state index contributed by atoms with van der Waals surface area (Å²) in [4.78, 5) is 9.23. The molecular formula is C18H13F2N3O4S. The van der Waals surface area contributed by atoms with Gasteiger partial charge in [0.2, 0.25) is 5.82 Å². The van der Waals surface area contributed by atoms with Gasteiger partial charge in [-0.15, -0.1) is 0 Å². The molecule has 0 fully saturated rings. The van der Waals surface area contributed by atoms with Crippen LogP contribution in [0.4, 0.5) is 31.5 Å². The van der Waals surface area contributed by atoms with Crippen molar-refractivity contribution in [3.8, 4) is 0 Å². The van der Waals surface area contributed by atoms with Crippen LogP contribution in [0.1, 0.15) is 0 Å². The summed E-state index contributed by atoms with van der Waals surface area (Å²) in [6.45, 7) is 0. The van der Waals surface area contributed by atoms with Gasteiger partial charge < -0.3 is 0 Å². The van der Waals surface area contributed by atoms with E-state index >= 15 is 0 Å². The third kappa shape index (κ3) is 3.76. The van der Waals surface area contributed by atoms with E-state index in [0.717, 1.165) is 16.4 Å². The Bertz CT molecular complexity index is 1140. The van der Waals surface area contributed by atoms with Crippen LogP contribution in [0, 0.1) is 21.7 Å². The summed E-state index contributed by atoms with van der Waals surface area (Å²) in [6, 6.07) is 17.4. The highest BCUT2D eigenvalue weighted by Gasteiger charge is 2.34. The predicted molar refractivity (Wildman–Crippen MR) is 101 cm³/mol. The van der Waals surface area contributed by atoms with Crippen LogP contribution in [0.5, 0.6) is 0 Å². The molecule has 10 heteroatoms. The Labute approximate surface area is 159 Å². The van der Waals surface area contributed by atoms with Crippen molar-refractivity contribution >= 4 is 33.0 Å². The molecule has 3 aromatic rings. The van der Waals surface area contributed by atoms with E-state index in [1.54, 1.807) is 30.3 Å². The highest BCUT2D eigenvalue weighted by molar-refractivity contribution is 7.95. The molecule has 3 aromatic carbocycles. The number of hydrogen-bond acceptors (Lipinski definition) is 4. The Balaban J connectivity index is 0.000000192. The van der Waals surface area contributed by atoms with Crippen LogP contribution >= 0.6 is 0 Å². The molecule has 0 aliphatic carbocycles. The number of benzene rings is 3. The molecule has 0 saturated heterocycles. The number of halogens is 2. The van der Waals surface area contributed by atoms with Crippen molar-refractivity contribution in [2.75, 3.05) is 9.03 Å². The molecule has 1 heterocycles. The molecule has 0 saturated carbocycles. The Kier molecular flexibility index (Phi) is 5.23. The average molecular weight is 405 g/mol. The van der Waals surface area contributed by atoms with Crippen LogP contribution < -0.4 is 9.03 Å². The first-order valence-electron chi connectivity index (χ1n) is 7.87. The number of nitrogens with one attached hydrogen (secondary N) is 1. The molecule has 0 atom stereocenters. The first-order valence-corrected chi connectivity index (χ1v) is 9.31. The van der Waals surface area contributed by atoms with Crippen LogP contribution in [-0.4, -0.2) is 13.3 Å². The molecule has 144 valence electrons. The van der Waals surface area contributed by atoms with E-state index in [4.69, 9.17) is 0 Å². The van der Waals surface area contributed by atoms with Gasteiger partial charge in [0.1, 0.15) is 5.82 Å². The van der Waals surface area contributed by atoms with Gasteiger partial charge in [0.05, 0.1) is 22.0 Å². The van der Waals surface area contributed by atoms with E-state index in [1.165, 1.54) is 30.3 Å². The van der Waals surface area contributed by atoms with Crippen molar-refractivity contribution in [1.82, 2.24) is 0 Å². The Morgan fingerprint density at radius 1 is 0.821 bits per heavy atom. The first-order chi connectivity index (χ1) is 13.3. The molecule has 0 aromatic heterocycles. The largest absolute Gasteiger partial charge is 0.328 e. The van der Waals surface area contributed by atoms with Gasteiger partial charge in [-0.1, -0.05) is 36.4 Å². The second-order valence-electron chi connectivity index (χ2n) is 5.55. The monoisotopic (exact) mass is 405 g/mol. The topological polar surface area (TPSA) is 92.6 Å². The van der Waals surface area contributed by atoms with E-state index in [0.29, 0.717) is 11.4 Å². The zero-order valence-corrected chi connectivity index (χ0v) is 14.9. The quantitative estimate of drug-likeness (QED) is 0.506. The van der Waals surface area contributed by atoms with Crippen LogP contribution in [0.3, 0.4) is 0 Å². The minimum absolute atomic E-state index is 0.00921. The number of fused-ring (bicyclic) bond motifs is 1. The molecule has 0 radical (unpaired) electrons. The fourth-order valence-electron chi connectivity index (χ4n) is 2.53. The fourth-order valence-corrected chi connectivity index (χ4v) is 3.89. The highest BCUT2D eigenvalue weighted by Crippen LogP contribution is 2.41. The van der Waals surface area contributed by atoms with Gasteiger partial charge >= 0.3 is 15.9 Å². The lowest BCUT2D eigenvalue weighted by atomic mass is 10.2. The normalized spacial score (nSPS) is 13.7. The lowest BCUT2D eigenvalue weighted by Crippen LogP contribution is -2.25. The summed E-state index contributed by atoms with van der Waals surface area (Å²) >= 11 is 0. The summed E-state index contributed by atoms with van der Waals surface area (Å²) in [5, 5.41) is 9.99. The Morgan fingerprint density at radius 2 is 1.36 bits per heavy atom. The van der Waals surface area contributed by atoms with Crippen molar-refractivity contribution in [2.24, 2.45) is 0 Å². The highest BCUT2D eigenvalue weighted by atomic mass is 32.2. The van der Waals surface area contributed by atoms with Crippen LogP contribution in [0.2, 0.25) is 0 Å². The van der Waals surface area contributed by atoms with Crippen molar-refractivity contribution in [2.45, 2.75) is 0 Å². The number of anilines is 3. The summed E-state index contributed by atoms with van der Waals surface area (Å²) < 4.78 is 53.5. The SMILES string of the molecule is O=S1(=O)Nc2ccccc2N1c1ccccc1F.O=[N+]([O-])c1ccccc1F. The van der Waals surface area contributed by atoms with Gasteiger partial charge in [0.15, 0.2) is 0 Å².